The summed E-state index contributed by atoms with van der Waals surface area (Å²) < 4.78 is 26.7. The van der Waals surface area contributed by atoms with Crippen LogP contribution in [0, 0.1) is 5.92 Å². The van der Waals surface area contributed by atoms with E-state index in [1.54, 1.807) is 0 Å². The van der Waals surface area contributed by atoms with E-state index < -0.39 is 0 Å². The Morgan fingerprint density at radius 3 is 1.62 bits per heavy atom. The summed E-state index contributed by atoms with van der Waals surface area (Å²) in [6.07, 6.45) is 0.876. The molecular formula is C20H40N2O7. The van der Waals surface area contributed by atoms with Crippen molar-refractivity contribution in [3.05, 3.63) is 0 Å². The zero-order valence-corrected chi connectivity index (χ0v) is 18.5. The van der Waals surface area contributed by atoms with Gasteiger partial charge in [0.25, 0.3) is 0 Å². The van der Waals surface area contributed by atoms with Crippen LogP contribution in [0.3, 0.4) is 0 Å². The highest BCUT2D eigenvalue weighted by molar-refractivity contribution is 5.78. The van der Waals surface area contributed by atoms with Crippen LogP contribution in [-0.4, -0.2) is 90.5 Å². The molecule has 9 heteroatoms. The van der Waals surface area contributed by atoms with E-state index in [4.69, 9.17) is 23.7 Å². The normalized spacial score (nSPS) is 12.2. The lowest BCUT2D eigenvalue weighted by molar-refractivity contribution is -0.127. The van der Waals surface area contributed by atoms with Gasteiger partial charge in [0, 0.05) is 19.0 Å². The largest absolute Gasteiger partial charge is 0.377 e. The third-order valence-corrected chi connectivity index (χ3v) is 3.84. The minimum atomic E-state index is -0.143. The molecule has 9 nitrogen and oxygen atoms in total. The summed E-state index contributed by atoms with van der Waals surface area (Å²) in [6.45, 7) is 12.5. The molecule has 0 aromatic carbocycles. The number of amides is 2. The van der Waals surface area contributed by atoms with E-state index >= 15 is 0 Å². The first-order chi connectivity index (χ1) is 14.0. The van der Waals surface area contributed by atoms with Crippen molar-refractivity contribution in [1.29, 1.82) is 0 Å². The van der Waals surface area contributed by atoms with Crippen molar-refractivity contribution in [2.45, 2.75) is 40.2 Å². The summed E-state index contributed by atoms with van der Waals surface area (Å²) in [5.74, 6) is -0.0377. The van der Waals surface area contributed by atoms with E-state index in [0.29, 0.717) is 65.9 Å². The third-order valence-electron chi connectivity index (χ3n) is 3.84. The lowest BCUT2D eigenvalue weighted by Crippen LogP contribution is -2.31. The van der Waals surface area contributed by atoms with Crippen LogP contribution in [0.25, 0.3) is 0 Å². The first kappa shape index (κ1) is 27.7. The van der Waals surface area contributed by atoms with Gasteiger partial charge in [0.1, 0.15) is 6.61 Å². The average Bonchev–Trinajstić information content (AvgIpc) is 2.70. The number of carbonyl (C=O) groups is 2. The molecule has 0 aliphatic carbocycles. The van der Waals surface area contributed by atoms with E-state index in [-0.39, 0.29) is 30.4 Å². The molecule has 2 amide bonds. The Balaban J connectivity index is 3.19. The third kappa shape index (κ3) is 19.8. The molecule has 0 saturated carbocycles. The van der Waals surface area contributed by atoms with Gasteiger partial charge in [0.05, 0.1) is 59.0 Å². The van der Waals surface area contributed by atoms with Crippen LogP contribution >= 0.6 is 0 Å². The van der Waals surface area contributed by atoms with Crippen molar-refractivity contribution in [3.63, 3.8) is 0 Å². The highest BCUT2D eigenvalue weighted by Gasteiger charge is 2.08. The molecule has 2 N–H and O–H groups in total. The number of hydrogen-bond acceptors (Lipinski definition) is 7. The van der Waals surface area contributed by atoms with Gasteiger partial charge in [-0.3, -0.25) is 9.59 Å². The second-order valence-electron chi connectivity index (χ2n) is 6.76. The molecule has 0 rings (SSSR count). The summed E-state index contributed by atoms with van der Waals surface area (Å²) in [5, 5.41) is 5.54. The molecule has 0 bridgehead atoms. The quantitative estimate of drug-likeness (QED) is 0.280. The topological polar surface area (TPSA) is 104 Å². The number of rotatable bonds is 20. The predicted octanol–water partition coefficient (Wildman–Crippen LogP) is 0.756. The second kappa shape index (κ2) is 20.0. The summed E-state index contributed by atoms with van der Waals surface area (Å²) in [6, 6.07) is 0. The van der Waals surface area contributed by atoms with Crippen LogP contribution in [0.5, 0.6) is 0 Å². The zero-order chi connectivity index (χ0) is 21.7. The molecule has 1 unspecified atom stereocenters. The summed E-state index contributed by atoms with van der Waals surface area (Å²) in [5.41, 5.74) is 0. The minimum absolute atomic E-state index is 0.0410. The Kier molecular flexibility index (Phi) is 19.2. The Bertz CT molecular complexity index is 408. The van der Waals surface area contributed by atoms with Crippen LogP contribution in [-0.2, 0) is 33.3 Å². The smallest absolute Gasteiger partial charge is 0.246 e. The lowest BCUT2D eigenvalue weighted by atomic mass is 10.1. The van der Waals surface area contributed by atoms with Crippen LogP contribution < -0.4 is 10.6 Å². The molecule has 0 radical (unpaired) electrons. The van der Waals surface area contributed by atoms with Crippen molar-refractivity contribution in [2.24, 2.45) is 5.92 Å². The SMILES string of the molecule is CCC(C)C(=O)NCCOCCOCCOCCOCCNC(=O)COC(C)C. The Morgan fingerprint density at radius 2 is 1.17 bits per heavy atom. The predicted molar refractivity (Wildman–Crippen MR) is 110 cm³/mol. The van der Waals surface area contributed by atoms with E-state index in [1.807, 2.05) is 27.7 Å². The molecule has 0 heterocycles. The van der Waals surface area contributed by atoms with Gasteiger partial charge < -0.3 is 34.3 Å². The van der Waals surface area contributed by atoms with Crippen molar-refractivity contribution >= 4 is 11.8 Å². The molecule has 0 saturated heterocycles. The Hall–Kier alpha value is -1.26. The molecule has 172 valence electrons. The molecule has 0 fully saturated rings. The summed E-state index contributed by atoms with van der Waals surface area (Å²) in [7, 11) is 0. The first-order valence-corrected chi connectivity index (χ1v) is 10.4. The van der Waals surface area contributed by atoms with Crippen molar-refractivity contribution in [2.75, 3.05) is 72.6 Å². The van der Waals surface area contributed by atoms with Gasteiger partial charge in [0.2, 0.25) is 11.8 Å². The monoisotopic (exact) mass is 420 g/mol. The maximum Gasteiger partial charge on any atom is 0.246 e. The second-order valence-corrected chi connectivity index (χ2v) is 6.76. The molecule has 0 spiro atoms. The fraction of sp³-hybridized carbons (Fsp3) is 0.900. The average molecular weight is 421 g/mol. The van der Waals surface area contributed by atoms with Gasteiger partial charge in [-0.1, -0.05) is 13.8 Å². The van der Waals surface area contributed by atoms with Gasteiger partial charge in [-0.15, -0.1) is 0 Å². The highest BCUT2D eigenvalue weighted by Crippen LogP contribution is 1.98. The minimum Gasteiger partial charge on any atom is -0.377 e. The van der Waals surface area contributed by atoms with Crippen LogP contribution in [0.1, 0.15) is 34.1 Å². The highest BCUT2D eigenvalue weighted by atomic mass is 16.6. The molecule has 29 heavy (non-hydrogen) atoms. The molecule has 0 aromatic rings. The van der Waals surface area contributed by atoms with E-state index in [2.05, 4.69) is 10.6 Å². The molecule has 0 aliphatic heterocycles. The van der Waals surface area contributed by atoms with Gasteiger partial charge in [-0.05, 0) is 20.3 Å². The van der Waals surface area contributed by atoms with Gasteiger partial charge in [-0.2, -0.15) is 0 Å². The Labute approximate surface area is 175 Å². The number of ether oxygens (including phenoxy) is 5. The number of carbonyl (C=O) groups excluding carboxylic acids is 2. The first-order valence-electron chi connectivity index (χ1n) is 10.4. The van der Waals surface area contributed by atoms with Crippen LogP contribution in [0.15, 0.2) is 0 Å². The molecular weight excluding hydrogens is 380 g/mol. The lowest BCUT2D eigenvalue weighted by Gasteiger charge is -2.10. The van der Waals surface area contributed by atoms with Gasteiger partial charge in [0.15, 0.2) is 0 Å². The summed E-state index contributed by atoms with van der Waals surface area (Å²) >= 11 is 0. The molecule has 0 aromatic heterocycles. The van der Waals surface area contributed by atoms with E-state index in [9.17, 15) is 9.59 Å². The number of hydrogen-bond donors (Lipinski definition) is 2. The van der Waals surface area contributed by atoms with Gasteiger partial charge >= 0.3 is 0 Å². The standard InChI is InChI=1S/C20H40N2O7/c1-5-18(4)20(24)22-7-9-26-11-13-28-15-14-27-12-10-25-8-6-21-19(23)16-29-17(2)3/h17-18H,5-16H2,1-4H3,(H,21,23)(H,22,24). The number of nitrogens with one attached hydrogen (secondary N) is 2. The Morgan fingerprint density at radius 1 is 0.724 bits per heavy atom. The zero-order valence-electron chi connectivity index (χ0n) is 18.5. The fourth-order valence-electron chi connectivity index (χ4n) is 1.92. The summed E-state index contributed by atoms with van der Waals surface area (Å²) in [4.78, 5) is 22.9. The van der Waals surface area contributed by atoms with E-state index in [1.165, 1.54) is 0 Å². The van der Waals surface area contributed by atoms with Crippen molar-refractivity contribution in [3.8, 4) is 0 Å². The maximum atomic E-state index is 11.5. The fourth-order valence-corrected chi connectivity index (χ4v) is 1.92. The van der Waals surface area contributed by atoms with Crippen molar-refractivity contribution in [1.82, 2.24) is 10.6 Å². The van der Waals surface area contributed by atoms with Crippen molar-refractivity contribution < 1.29 is 33.3 Å². The van der Waals surface area contributed by atoms with Gasteiger partial charge in [-0.25, -0.2) is 0 Å². The van der Waals surface area contributed by atoms with E-state index in [0.717, 1.165) is 6.42 Å². The molecule has 0 aliphatic rings. The van der Waals surface area contributed by atoms with Crippen LogP contribution in [0.4, 0.5) is 0 Å². The molecule has 1 atom stereocenters. The maximum absolute atomic E-state index is 11.5. The van der Waals surface area contributed by atoms with Crippen LogP contribution in [0.2, 0.25) is 0 Å².